The number of carbonyl (C=O) groups is 2. The van der Waals surface area contributed by atoms with Crippen molar-refractivity contribution in [3.63, 3.8) is 0 Å². The molecule has 1 aromatic rings. The van der Waals surface area contributed by atoms with E-state index in [1.54, 1.807) is 0 Å². The van der Waals surface area contributed by atoms with Crippen molar-refractivity contribution in [1.29, 1.82) is 0 Å². The molecule has 0 N–H and O–H groups in total. The molecule has 2 rings (SSSR count). The Morgan fingerprint density at radius 1 is 0.638 bits per heavy atom. The van der Waals surface area contributed by atoms with Gasteiger partial charge in [-0.1, -0.05) is 158 Å². The topological polar surface area (TPSA) is 65.1 Å². The van der Waals surface area contributed by atoms with Crippen LogP contribution in [-0.4, -0.2) is 49.2 Å². The SMILES string of the molecule is CCCCCCCCC(CCCCCCCC)OC(=O)CCCCCCC(CCCCCC(=O)Oc1cc2c(c(C)c1C)OC(C)(CC/C=C(\C)CC/C=C(\C)CCC=C(C)C)CC2)CCN(C)C. The Morgan fingerprint density at radius 3 is 1.72 bits per heavy atom. The summed E-state index contributed by atoms with van der Waals surface area (Å²) >= 11 is 0. The van der Waals surface area contributed by atoms with E-state index in [0.29, 0.717) is 24.5 Å². The Labute approximate surface area is 427 Å². The van der Waals surface area contributed by atoms with Gasteiger partial charge in [0.1, 0.15) is 23.2 Å². The maximum Gasteiger partial charge on any atom is 0.311 e. The van der Waals surface area contributed by atoms with Crippen molar-refractivity contribution in [2.45, 2.75) is 292 Å². The van der Waals surface area contributed by atoms with E-state index in [-0.39, 0.29) is 23.6 Å². The zero-order valence-electron chi connectivity index (χ0n) is 47.2. The lowest BCUT2D eigenvalue weighted by Crippen LogP contribution is -2.36. The highest BCUT2D eigenvalue weighted by atomic mass is 16.5. The highest BCUT2D eigenvalue weighted by molar-refractivity contribution is 5.73. The van der Waals surface area contributed by atoms with Crippen molar-refractivity contribution < 1.29 is 23.8 Å². The molecule has 69 heavy (non-hydrogen) atoms. The number of nitrogens with zero attached hydrogens (tertiary/aromatic N) is 1. The van der Waals surface area contributed by atoms with Crippen LogP contribution in [-0.2, 0) is 20.7 Å². The Kier molecular flexibility index (Phi) is 34.2. The zero-order valence-corrected chi connectivity index (χ0v) is 47.2. The van der Waals surface area contributed by atoms with Gasteiger partial charge in [-0.3, -0.25) is 9.59 Å². The van der Waals surface area contributed by atoms with Crippen LogP contribution in [0.25, 0.3) is 0 Å². The minimum atomic E-state index is -0.202. The van der Waals surface area contributed by atoms with Gasteiger partial charge in [0.15, 0.2) is 0 Å². The normalized spacial score (nSPS) is 15.6. The Hall–Kier alpha value is -2.86. The van der Waals surface area contributed by atoms with Crippen molar-refractivity contribution in [2.75, 3.05) is 20.6 Å². The lowest BCUT2D eigenvalue weighted by Gasteiger charge is -2.37. The highest BCUT2D eigenvalue weighted by Gasteiger charge is 2.33. The quantitative estimate of drug-likeness (QED) is 0.0282. The summed E-state index contributed by atoms with van der Waals surface area (Å²) in [4.78, 5) is 28.4. The second kappa shape index (κ2) is 37.9. The number of hydrogen-bond acceptors (Lipinski definition) is 6. The smallest absolute Gasteiger partial charge is 0.311 e. The summed E-state index contributed by atoms with van der Waals surface area (Å²) in [6.07, 6.45) is 45.3. The van der Waals surface area contributed by atoms with Gasteiger partial charge >= 0.3 is 11.9 Å². The van der Waals surface area contributed by atoms with Crippen molar-refractivity contribution in [1.82, 2.24) is 4.90 Å². The van der Waals surface area contributed by atoms with Crippen LogP contribution in [0.1, 0.15) is 277 Å². The van der Waals surface area contributed by atoms with Gasteiger partial charge in [0, 0.05) is 12.8 Å². The number of esters is 2. The molecule has 1 aliphatic rings. The van der Waals surface area contributed by atoms with Crippen LogP contribution in [0.15, 0.2) is 41.0 Å². The molecule has 0 aliphatic carbocycles. The summed E-state index contributed by atoms with van der Waals surface area (Å²) in [5.74, 6) is 2.27. The molecule has 0 radical (unpaired) electrons. The van der Waals surface area contributed by atoms with E-state index in [1.165, 1.54) is 126 Å². The molecular formula is C63H109NO5. The molecule has 396 valence electrons. The fraction of sp³-hybridized carbons (Fsp3) is 0.778. The number of allylic oxidation sites excluding steroid dienone is 6. The lowest BCUT2D eigenvalue weighted by molar-refractivity contribution is -0.150. The Bertz CT molecular complexity index is 1620. The molecule has 0 fully saturated rings. The number of carbonyl (C=O) groups excluding carboxylic acids is 2. The fourth-order valence-corrected chi connectivity index (χ4v) is 9.99. The van der Waals surface area contributed by atoms with Crippen molar-refractivity contribution in [3.05, 3.63) is 57.7 Å². The zero-order chi connectivity index (χ0) is 50.7. The largest absolute Gasteiger partial charge is 0.487 e. The first kappa shape index (κ1) is 62.3. The molecule has 0 saturated heterocycles. The maximum atomic E-state index is 13.1. The van der Waals surface area contributed by atoms with Gasteiger partial charge in [0.25, 0.3) is 0 Å². The summed E-state index contributed by atoms with van der Waals surface area (Å²) < 4.78 is 18.9. The standard InChI is InChI=1S/C63H109NO5/c1-12-14-16-18-20-27-41-58(42-28-21-19-17-15-13-2)67-60(65)43-29-23-22-25-39-56(46-49-64(10)11)40-26-24-30-44-61(66)68-59-50-57-45-48-63(9,69-62(57)55(8)54(59)7)47-33-38-53(6)37-32-36-52(5)35-31-34-51(3)4/h34,36,38,50,56,58H,12-33,35,37,39-49H2,1-11H3/b52-36+,53-38+. The second-order valence-electron chi connectivity index (χ2n) is 22.4. The van der Waals surface area contributed by atoms with Crippen molar-refractivity contribution in [2.24, 2.45) is 5.92 Å². The van der Waals surface area contributed by atoms with Crippen LogP contribution in [0, 0.1) is 19.8 Å². The molecule has 2 atom stereocenters. The minimum absolute atomic E-state index is 0.0238. The minimum Gasteiger partial charge on any atom is -0.487 e. The van der Waals surface area contributed by atoms with Gasteiger partial charge in [0.05, 0.1) is 0 Å². The molecule has 6 nitrogen and oxygen atoms in total. The van der Waals surface area contributed by atoms with Gasteiger partial charge in [-0.25, -0.2) is 0 Å². The first-order valence-electron chi connectivity index (χ1n) is 29.0. The summed E-state index contributed by atoms with van der Waals surface area (Å²) in [5, 5.41) is 0. The molecule has 0 bridgehead atoms. The number of unbranched alkanes of at least 4 members (excludes halogenated alkanes) is 15. The second-order valence-corrected chi connectivity index (χ2v) is 22.4. The summed E-state index contributed by atoms with van der Waals surface area (Å²) in [6.45, 7) is 20.9. The van der Waals surface area contributed by atoms with E-state index in [9.17, 15) is 9.59 Å². The molecule has 2 unspecified atom stereocenters. The third-order valence-electron chi connectivity index (χ3n) is 14.9. The maximum absolute atomic E-state index is 13.1. The summed E-state index contributed by atoms with van der Waals surface area (Å²) in [6, 6.07) is 2.07. The van der Waals surface area contributed by atoms with Crippen molar-refractivity contribution in [3.8, 4) is 11.5 Å². The number of aryl methyl sites for hydroxylation is 1. The van der Waals surface area contributed by atoms with E-state index < -0.39 is 0 Å². The van der Waals surface area contributed by atoms with Crippen LogP contribution in [0.2, 0.25) is 0 Å². The van der Waals surface area contributed by atoms with Crippen LogP contribution in [0.5, 0.6) is 11.5 Å². The van der Waals surface area contributed by atoms with E-state index in [4.69, 9.17) is 14.2 Å². The molecule has 1 aliphatic heterocycles. The van der Waals surface area contributed by atoms with Gasteiger partial charge < -0.3 is 19.1 Å². The van der Waals surface area contributed by atoms with Crippen molar-refractivity contribution >= 4 is 11.9 Å². The third-order valence-corrected chi connectivity index (χ3v) is 14.9. The molecule has 0 aromatic heterocycles. The van der Waals surface area contributed by atoms with Crippen LogP contribution < -0.4 is 9.47 Å². The monoisotopic (exact) mass is 960 g/mol. The van der Waals surface area contributed by atoms with Gasteiger partial charge in [-0.05, 0) is 194 Å². The number of benzene rings is 1. The molecule has 6 heteroatoms. The van der Waals surface area contributed by atoms with Gasteiger partial charge in [0.2, 0.25) is 0 Å². The van der Waals surface area contributed by atoms with Gasteiger partial charge in [-0.2, -0.15) is 0 Å². The van der Waals surface area contributed by atoms with E-state index in [1.807, 2.05) is 0 Å². The molecule has 0 amide bonds. The summed E-state index contributed by atoms with van der Waals surface area (Å²) in [7, 11) is 4.33. The molecular weight excluding hydrogens is 851 g/mol. The Morgan fingerprint density at radius 2 is 1.14 bits per heavy atom. The average molecular weight is 961 g/mol. The fourth-order valence-electron chi connectivity index (χ4n) is 9.99. The Balaban J connectivity index is 1.73. The van der Waals surface area contributed by atoms with Crippen LogP contribution in [0.4, 0.5) is 0 Å². The van der Waals surface area contributed by atoms with Crippen LogP contribution >= 0.6 is 0 Å². The average Bonchev–Trinajstić information content (AvgIpc) is 3.30. The molecule has 0 saturated carbocycles. The summed E-state index contributed by atoms with van der Waals surface area (Å²) in [5.41, 5.74) is 7.39. The number of rotatable bonds is 41. The third kappa shape index (κ3) is 29.9. The number of fused-ring (bicyclic) bond motifs is 1. The lowest BCUT2D eigenvalue weighted by atomic mass is 9.86. The predicted octanol–water partition coefficient (Wildman–Crippen LogP) is 18.8. The van der Waals surface area contributed by atoms with Gasteiger partial charge in [-0.15, -0.1) is 0 Å². The highest BCUT2D eigenvalue weighted by Crippen LogP contribution is 2.42. The number of ether oxygens (including phenoxy) is 3. The van der Waals surface area contributed by atoms with Crippen LogP contribution in [0.3, 0.4) is 0 Å². The first-order chi connectivity index (χ1) is 33.2. The predicted molar refractivity (Wildman–Crippen MR) is 297 cm³/mol. The van der Waals surface area contributed by atoms with E-state index in [0.717, 1.165) is 125 Å². The van der Waals surface area contributed by atoms with E-state index >= 15 is 0 Å². The first-order valence-corrected chi connectivity index (χ1v) is 29.0. The number of hydrogen-bond donors (Lipinski definition) is 0. The molecule has 0 spiro atoms. The van der Waals surface area contributed by atoms with E-state index in [2.05, 4.69) is 106 Å². The molecule has 1 aromatic carbocycles. The molecule has 1 heterocycles.